The van der Waals surface area contributed by atoms with Crippen LogP contribution in [-0.4, -0.2) is 55.9 Å². The monoisotopic (exact) mass is 394 g/mol. The number of carbonyl (C=O) groups is 2. The van der Waals surface area contributed by atoms with Crippen LogP contribution >= 0.6 is 0 Å². The third kappa shape index (κ3) is 3.29. The predicted molar refractivity (Wildman–Crippen MR) is 100 cm³/mol. The molecule has 0 amide bonds. The normalized spacial score (nSPS) is 40.3. The van der Waals surface area contributed by atoms with Crippen molar-refractivity contribution >= 4 is 11.9 Å². The first-order valence-electron chi connectivity index (χ1n) is 9.64. The van der Waals surface area contributed by atoms with Gasteiger partial charge in [0.05, 0.1) is 23.5 Å². The summed E-state index contributed by atoms with van der Waals surface area (Å²) in [7, 11) is 3.21. The summed E-state index contributed by atoms with van der Waals surface area (Å²) in [6, 6.07) is 0. The molecule has 28 heavy (non-hydrogen) atoms. The van der Waals surface area contributed by atoms with Crippen LogP contribution in [0.3, 0.4) is 0 Å². The Hall–Kier alpha value is -1.70. The largest absolute Gasteiger partial charge is 0.461 e. The Balaban J connectivity index is 2.10. The number of hydrogen-bond donors (Lipinski definition) is 0. The maximum absolute atomic E-state index is 12.4. The molecule has 0 saturated carbocycles. The molecule has 0 radical (unpaired) electrons. The number of carbonyl (C=O) groups excluding carboxylic acids is 2. The molecule has 3 rings (SSSR count). The van der Waals surface area contributed by atoms with E-state index in [0.717, 1.165) is 5.57 Å². The van der Waals surface area contributed by atoms with Crippen LogP contribution < -0.4 is 0 Å². The molecule has 0 N–H and O–H groups in total. The molecule has 2 bridgehead atoms. The van der Waals surface area contributed by atoms with Crippen LogP contribution in [0.2, 0.25) is 0 Å². The Morgan fingerprint density at radius 1 is 1.32 bits per heavy atom. The Labute approximate surface area is 166 Å². The van der Waals surface area contributed by atoms with Gasteiger partial charge in [-0.3, -0.25) is 4.79 Å². The maximum Gasteiger partial charge on any atom is 0.334 e. The second kappa shape index (κ2) is 7.28. The van der Waals surface area contributed by atoms with Crippen molar-refractivity contribution < 1.29 is 33.3 Å². The van der Waals surface area contributed by atoms with Crippen LogP contribution in [0, 0.1) is 11.8 Å². The average molecular weight is 394 g/mol. The minimum Gasteiger partial charge on any atom is -0.461 e. The van der Waals surface area contributed by atoms with Gasteiger partial charge in [-0.1, -0.05) is 20.4 Å². The van der Waals surface area contributed by atoms with Crippen molar-refractivity contribution in [2.75, 3.05) is 14.2 Å². The first-order valence-corrected chi connectivity index (χ1v) is 9.64. The molecule has 2 saturated heterocycles. The SMILES string of the molecule is C=C1C(=O)O[C@@H]2C=C(C)[C@]3(OC)C[C@H](OC)[C@](C)(C[C@@H](OC(=O)C(C)C)[C@@H]12)O3. The third-order valence-electron chi connectivity index (χ3n) is 6.17. The summed E-state index contributed by atoms with van der Waals surface area (Å²) in [6.07, 6.45) is 1.12. The average Bonchev–Trinajstić information content (AvgIpc) is 3.08. The van der Waals surface area contributed by atoms with Crippen LogP contribution in [0.15, 0.2) is 23.8 Å². The minimum absolute atomic E-state index is 0.279. The summed E-state index contributed by atoms with van der Waals surface area (Å²) in [6.45, 7) is 11.3. The molecular formula is C21H30O7. The number of methoxy groups -OCH3 is 2. The van der Waals surface area contributed by atoms with Gasteiger partial charge in [0.25, 0.3) is 0 Å². The Bertz CT molecular complexity index is 712. The van der Waals surface area contributed by atoms with Crippen LogP contribution in [0.5, 0.6) is 0 Å². The molecule has 156 valence electrons. The van der Waals surface area contributed by atoms with Gasteiger partial charge in [-0.25, -0.2) is 4.79 Å². The molecule has 7 heteroatoms. The van der Waals surface area contributed by atoms with Gasteiger partial charge in [-0.2, -0.15) is 0 Å². The van der Waals surface area contributed by atoms with Crippen LogP contribution in [0.1, 0.15) is 40.5 Å². The molecule has 3 aliphatic heterocycles. The van der Waals surface area contributed by atoms with E-state index in [1.54, 1.807) is 28.1 Å². The highest BCUT2D eigenvalue weighted by Gasteiger charge is 2.59. The third-order valence-corrected chi connectivity index (χ3v) is 6.17. The number of ether oxygens (including phenoxy) is 5. The Morgan fingerprint density at radius 3 is 2.57 bits per heavy atom. The highest BCUT2D eigenvalue weighted by atomic mass is 16.7. The molecule has 0 aliphatic carbocycles. The maximum atomic E-state index is 12.4. The lowest BCUT2D eigenvalue weighted by atomic mass is 9.80. The van der Waals surface area contributed by atoms with E-state index < -0.39 is 35.5 Å². The fraction of sp³-hybridized carbons (Fsp3) is 0.714. The van der Waals surface area contributed by atoms with Crippen molar-refractivity contribution in [3.63, 3.8) is 0 Å². The van der Waals surface area contributed by atoms with E-state index in [2.05, 4.69) is 6.58 Å². The zero-order chi connectivity index (χ0) is 20.9. The van der Waals surface area contributed by atoms with Crippen molar-refractivity contribution in [3.8, 4) is 0 Å². The molecule has 0 unspecified atom stereocenters. The van der Waals surface area contributed by atoms with Gasteiger partial charge >= 0.3 is 11.9 Å². The second-order valence-electron chi connectivity index (χ2n) is 8.41. The van der Waals surface area contributed by atoms with E-state index in [0.29, 0.717) is 18.4 Å². The molecular weight excluding hydrogens is 364 g/mol. The number of hydrogen-bond acceptors (Lipinski definition) is 7. The van der Waals surface area contributed by atoms with E-state index in [-0.39, 0.29) is 18.0 Å². The molecule has 0 aromatic rings. The lowest BCUT2D eigenvalue weighted by Crippen LogP contribution is -2.45. The van der Waals surface area contributed by atoms with Crippen molar-refractivity contribution in [2.45, 2.75) is 70.2 Å². The zero-order valence-electron chi connectivity index (χ0n) is 17.4. The lowest BCUT2D eigenvalue weighted by Gasteiger charge is -2.36. The van der Waals surface area contributed by atoms with Gasteiger partial charge in [-0.05, 0) is 25.5 Å². The fourth-order valence-electron chi connectivity index (χ4n) is 4.46. The van der Waals surface area contributed by atoms with Crippen molar-refractivity contribution in [2.24, 2.45) is 11.8 Å². The topological polar surface area (TPSA) is 80.3 Å². The molecule has 7 nitrogen and oxygen atoms in total. The van der Waals surface area contributed by atoms with Gasteiger partial charge in [0.15, 0.2) is 5.79 Å². The number of esters is 2. The van der Waals surface area contributed by atoms with Gasteiger partial charge in [0, 0.05) is 32.6 Å². The molecule has 0 aromatic heterocycles. The van der Waals surface area contributed by atoms with Gasteiger partial charge in [0.1, 0.15) is 12.2 Å². The van der Waals surface area contributed by atoms with Crippen molar-refractivity contribution in [1.29, 1.82) is 0 Å². The van der Waals surface area contributed by atoms with Crippen LogP contribution in [-0.2, 0) is 33.3 Å². The van der Waals surface area contributed by atoms with Crippen molar-refractivity contribution in [3.05, 3.63) is 23.8 Å². The smallest absolute Gasteiger partial charge is 0.334 e. The molecule has 3 heterocycles. The van der Waals surface area contributed by atoms with Crippen LogP contribution in [0.25, 0.3) is 0 Å². The number of fused-ring (bicyclic) bond motifs is 3. The second-order valence-corrected chi connectivity index (χ2v) is 8.41. The van der Waals surface area contributed by atoms with E-state index >= 15 is 0 Å². The van der Waals surface area contributed by atoms with E-state index in [4.69, 9.17) is 23.7 Å². The lowest BCUT2D eigenvalue weighted by molar-refractivity contribution is -0.223. The molecule has 0 spiro atoms. The standard InChI is InChI=1S/C21H30O7/c1-11(2)18(22)27-15-9-20(5)16(24-6)10-21(25-7,28-20)12(3)8-14-17(15)13(4)19(23)26-14/h8,11,14-17H,4,9-10H2,1-3,5-7H3/t14-,15-,16+,17+,20+,21+/m1/s1. The quantitative estimate of drug-likeness (QED) is 0.412. The van der Waals surface area contributed by atoms with Gasteiger partial charge < -0.3 is 23.7 Å². The van der Waals surface area contributed by atoms with Gasteiger partial charge in [0.2, 0.25) is 0 Å². The summed E-state index contributed by atoms with van der Waals surface area (Å²) in [5.74, 6) is -2.60. The molecule has 3 aliphatic rings. The Kier molecular flexibility index (Phi) is 5.47. The van der Waals surface area contributed by atoms with E-state index in [9.17, 15) is 9.59 Å². The summed E-state index contributed by atoms with van der Waals surface area (Å²) in [5.41, 5.74) is 0.300. The summed E-state index contributed by atoms with van der Waals surface area (Å²) < 4.78 is 29.3. The molecule has 0 aromatic carbocycles. The first-order chi connectivity index (χ1) is 13.1. The fourth-order valence-corrected chi connectivity index (χ4v) is 4.46. The summed E-state index contributed by atoms with van der Waals surface area (Å²) >= 11 is 0. The van der Waals surface area contributed by atoms with Gasteiger partial charge in [-0.15, -0.1) is 0 Å². The molecule has 6 atom stereocenters. The van der Waals surface area contributed by atoms with Crippen molar-refractivity contribution in [1.82, 2.24) is 0 Å². The Morgan fingerprint density at radius 2 is 2.00 bits per heavy atom. The van der Waals surface area contributed by atoms with Crippen LogP contribution in [0.4, 0.5) is 0 Å². The highest BCUT2D eigenvalue weighted by molar-refractivity contribution is 5.91. The van der Waals surface area contributed by atoms with E-state index in [1.165, 1.54) is 0 Å². The first kappa shape index (κ1) is 21.0. The zero-order valence-corrected chi connectivity index (χ0v) is 17.4. The summed E-state index contributed by atoms with van der Waals surface area (Å²) in [5, 5.41) is 0. The predicted octanol–water partition coefficient (Wildman–Crippen LogP) is 2.54. The minimum atomic E-state index is -0.993. The number of rotatable bonds is 4. The summed E-state index contributed by atoms with van der Waals surface area (Å²) in [4.78, 5) is 24.7. The van der Waals surface area contributed by atoms with E-state index in [1.807, 2.05) is 19.9 Å². The highest BCUT2D eigenvalue weighted by Crippen LogP contribution is 2.50. The molecule has 2 fully saturated rings.